The molecule has 1 heterocycles. The van der Waals surface area contributed by atoms with Gasteiger partial charge in [0.1, 0.15) is 6.10 Å². The van der Waals surface area contributed by atoms with E-state index in [4.69, 9.17) is 4.74 Å². The fourth-order valence-corrected chi connectivity index (χ4v) is 3.90. The van der Waals surface area contributed by atoms with Gasteiger partial charge in [0.05, 0.1) is 22.1 Å². The summed E-state index contributed by atoms with van der Waals surface area (Å²) in [6.07, 6.45) is 5.59. The van der Waals surface area contributed by atoms with E-state index in [-0.39, 0.29) is 17.0 Å². The van der Waals surface area contributed by atoms with Crippen LogP contribution in [0.4, 0.5) is 5.69 Å². The van der Waals surface area contributed by atoms with Crippen LogP contribution in [0.1, 0.15) is 54.2 Å². The quantitative estimate of drug-likeness (QED) is 0.275. The van der Waals surface area contributed by atoms with Crippen LogP contribution in [0.15, 0.2) is 24.4 Å². The van der Waals surface area contributed by atoms with Gasteiger partial charge in [-0.05, 0) is 37.7 Å². The first-order valence-corrected chi connectivity index (χ1v) is 9.69. The summed E-state index contributed by atoms with van der Waals surface area (Å²) in [5, 5.41) is 19.2. The Balaban J connectivity index is 1.61. The largest absolute Gasteiger partial charge is 0.462 e. The van der Waals surface area contributed by atoms with E-state index in [0.717, 1.165) is 31.4 Å². The Morgan fingerprint density at radius 3 is 2.83 bits per heavy atom. The highest BCUT2D eigenvalue weighted by Crippen LogP contribution is 2.37. The van der Waals surface area contributed by atoms with E-state index in [1.54, 1.807) is 16.8 Å². The van der Waals surface area contributed by atoms with Crippen molar-refractivity contribution in [3.8, 4) is 0 Å². The number of ketones is 1. The Hall–Kier alpha value is -3.10. The standard InChI is InChI=1S/C20H24N4O5/c1-13(25)29-18(10-5-3-4-8-15-12-23(2)22-21-15)16-11-14-7-6-9-17(24(27)28)19(14)20(16)26/h6-7,9,12,16,18H,3-5,8,10-11H2,1-2H3. The number of benzene rings is 1. The van der Waals surface area contributed by atoms with E-state index in [2.05, 4.69) is 10.3 Å². The van der Waals surface area contributed by atoms with Gasteiger partial charge in [-0.15, -0.1) is 5.10 Å². The number of ether oxygens (including phenoxy) is 1. The number of rotatable bonds is 9. The van der Waals surface area contributed by atoms with Crippen molar-refractivity contribution >= 4 is 17.4 Å². The van der Waals surface area contributed by atoms with Gasteiger partial charge in [-0.3, -0.25) is 24.4 Å². The fourth-order valence-electron chi connectivity index (χ4n) is 3.90. The number of carbonyl (C=O) groups is 2. The van der Waals surface area contributed by atoms with Gasteiger partial charge in [-0.25, -0.2) is 0 Å². The molecule has 2 atom stereocenters. The smallest absolute Gasteiger partial charge is 0.302 e. The Morgan fingerprint density at radius 2 is 2.17 bits per heavy atom. The van der Waals surface area contributed by atoms with Crippen LogP contribution in [0, 0.1) is 16.0 Å². The van der Waals surface area contributed by atoms with Gasteiger partial charge in [-0.2, -0.15) is 0 Å². The Bertz CT molecular complexity index is 923. The zero-order chi connectivity index (χ0) is 21.0. The molecule has 0 bridgehead atoms. The molecular formula is C20H24N4O5. The first kappa shape index (κ1) is 20.6. The molecule has 0 saturated carbocycles. The van der Waals surface area contributed by atoms with Crippen molar-refractivity contribution in [2.45, 2.75) is 51.6 Å². The number of nitrogens with zero attached hydrogens (tertiary/aromatic N) is 4. The maximum atomic E-state index is 12.9. The van der Waals surface area contributed by atoms with Crippen LogP contribution in [-0.4, -0.2) is 37.8 Å². The highest BCUT2D eigenvalue weighted by molar-refractivity contribution is 6.06. The third-order valence-electron chi connectivity index (χ3n) is 5.19. The second-order valence-electron chi connectivity index (χ2n) is 7.37. The van der Waals surface area contributed by atoms with Gasteiger partial charge in [-0.1, -0.05) is 23.8 Å². The normalized spacial score (nSPS) is 16.5. The second kappa shape index (κ2) is 8.93. The fraction of sp³-hybridized carbons (Fsp3) is 0.500. The van der Waals surface area contributed by atoms with Crippen LogP contribution in [0.3, 0.4) is 0 Å². The molecule has 9 nitrogen and oxygen atoms in total. The highest BCUT2D eigenvalue weighted by Gasteiger charge is 2.41. The van der Waals surface area contributed by atoms with Crippen LogP contribution >= 0.6 is 0 Å². The molecule has 3 rings (SSSR count). The maximum Gasteiger partial charge on any atom is 0.302 e. The highest BCUT2D eigenvalue weighted by atomic mass is 16.6. The summed E-state index contributed by atoms with van der Waals surface area (Å²) < 4.78 is 7.11. The lowest BCUT2D eigenvalue weighted by molar-refractivity contribution is -0.385. The van der Waals surface area contributed by atoms with E-state index in [1.807, 2.05) is 13.2 Å². The molecule has 0 aliphatic heterocycles. The monoisotopic (exact) mass is 400 g/mol. The molecule has 2 aromatic rings. The average Bonchev–Trinajstić information content (AvgIpc) is 3.23. The minimum absolute atomic E-state index is 0.155. The number of Topliss-reactive ketones (excluding diaryl/α,β-unsaturated/α-hetero) is 1. The number of fused-ring (bicyclic) bond motifs is 1. The lowest BCUT2D eigenvalue weighted by Crippen LogP contribution is -2.30. The molecule has 1 aromatic heterocycles. The van der Waals surface area contributed by atoms with Gasteiger partial charge < -0.3 is 4.74 Å². The van der Waals surface area contributed by atoms with Crippen molar-refractivity contribution in [2.75, 3.05) is 0 Å². The lowest BCUT2D eigenvalue weighted by atomic mass is 9.93. The van der Waals surface area contributed by atoms with Gasteiger partial charge in [0.25, 0.3) is 5.69 Å². The number of aromatic nitrogens is 3. The minimum Gasteiger partial charge on any atom is -0.462 e. The zero-order valence-corrected chi connectivity index (χ0v) is 16.5. The minimum atomic E-state index is -0.580. The van der Waals surface area contributed by atoms with Crippen LogP contribution in [0.25, 0.3) is 0 Å². The molecule has 0 saturated heterocycles. The molecule has 2 unspecified atom stereocenters. The van der Waals surface area contributed by atoms with Crippen LogP contribution in [-0.2, 0) is 29.4 Å². The van der Waals surface area contributed by atoms with Gasteiger partial charge >= 0.3 is 5.97 Å². The van der Waals surface area contributed by atoms with E-state index < -0.39 is 22.9 Å². The third-order valence-corrected chi connectivity index (χ3v) is 5.19. The summed E-state index contributed by atoms with van der Waals surface area (Å²) >= 11 is 0. The van der Waals surface area contributed by atoms with Gasteiger partial charge in [0.15, 0.2) is 5.78 Å². The predicted octanol–water partition coefficient (Wildman–Crippen LogP) is 2.81. The molecule has 0 N–H and O–H groups in total. The average molecular weight is 400 g/mol. The number of nitro benzene ring substituents is 1. The molecule has 0 radical (unpaired) electrons. The summed E-state index contributed by atoms with van der Waals surface area (Å²) in [5.41, 5.74) is 1.55. The Labute approximate surface area is 168 Å². The predicted molar refractivity (Wildman–Crippen MR) is 103 cm³/mol. The van der Waals surface area contributed by atoms with E-state index in [0.29, 0.717) is 18.4 Å². The molecule has 154 valence electrons. The molecule has 0 amide bonds. The van der Waals surface area contributed by atoms with Crippen LogP contribution < -0.4 is 0 Å². The summed E-state index contributed by atoms with van der Waals surface area (Å²) in [4.78, 5) is 35.2. The van der Waals surface area contributed by atoms with Crippen molar-refractivity contribution in [3.63, 3.8) is 0 Å². The van der Waals surface area contributed by atoms with Crippen molar-refractivity contribution in [1.29, 1.82) is 0 Å². The van der Waals surface area contributed by atoms with E-state index in [9.17, 15) is 19.7 Å². The van der Waals surface area contributed by atoms with Crippen LogP contribution in [0.2, 0.25) is 0 Å². The molecular weight excluding hydrogens is 376 g/mol. The molecule has 1 aliphatic carbocycles. The summed E-state index contributed by atoms with van der Waals surface area (Å²) in [7, 11) is 1.82. The number of carbonyl (C=O) groups excluding carboxylic acids is 2. The summed E-state index contributed by atoms with van der Waals surface area (Å²) in [6, 6.07) is 4.65. The molecule has 1 aromatic carbocycles. The van der Waals surface area contributed by atoms with E-state index >= 15 is 0 Å². The summed E-state index contributed by atoms with van der Waals surface area (Å²) in [5.74, 6) is -1.33. The maximum absolute atomic E-state index is 12.9. The van der Waals surface area contributed by atoms with E-state index in [1.165, 1.54) is 13.0 Å². The number of hydrogen-bond acceptors (Lipinski definition) is 7. The molecule has 9 heteroatoms. The van der Waals surface area contributed by atoms with Gasteiger partial charge in [0.2, 0.25) is 0 Å². The number of nitro groups is 1. The SMILES string of the molecule is CC(=O)OC(CCCCCc1cn(C)nn1)C1Cc2cccc([N+](=O)[O-])c2C1=O. The molecule has 0 fully saturated rings. The molecule has 1 aliphatic rings. The molecule has 29 heavy (non-hydrogen) atoms. The zero-order valence-electron chi connectivity index (χ0n) is 16.5. The second-order valence-corrected chi connectivity index (χ2v) is 7.37. The van der Waals surface area contributed by atoms with Crippen LogP contribution in [0.5, 0.6) is 0 Å². The lowest BCUT2D eigenvalue weighted by Gasteiger charge is -2.22. The Kier molecular flexibility index (Phi) is 6.36. The van der Waals surface area contributed by atoms with Gasteiger partial charge in [0, 0.05) is 26.2 Å². The Morgan fingerprint density at radius 1 is 1.38 bits per heavy atom. The number of unbranched alkanes of at least 4 members (excludes halogenated alkanes) is 2. The number of hydrogen-bond donors (Lipinski definition) is 0. The number of aryl methyl sites for hydroxylation is 2. The van der Waals surface area contributed by atoms with Crippen molar-refractivity contribution in [3.05, 3.63) is 51.3 Å². The van der Waals surface area contributed by atoms with Crippen molar-refractivity contribution in [2.24, 2.45) is 13.0 Å². The molecule has 0 spiro atoms. The topological polar surface area (TPSA) is 117 Å². The van der Waals surface area contributed by atoms with Crippen molar-refractivity contribution < 1.29 is 19.2 Å². The third kappa shape index (κ3) is 4.85. The first-order valence-electron chi connectivity index (χ1n) is 9.69. The number of esters is 1. The first-order chi connectivity index (χ1) is 13.9. The summed E-state index contributed by atoms with van der Waals surface area (Å²) in [6.45, 7) is 1.32. The van der Waals surface area contributed by atoms with Crippen molar-refractivity contribution in [1.82, 2.24) is 15.0 Å².